The number of carbonyl (C=O) groups excluding carboxylic acids is 1. The average Bonchev–Trinajstić information content (AvgIpc) is 2.27. The van der Waals surface area contributed by atoms with Gasteiger partial charge in [-0.25, -0.2) is 0 Å². The lowest BCUT2D eigenvalue weighted by Crippen LogP contribution is -2.39. The SMILES string of the molecule is CC(C)(CNC(=O)C(F)F)c1ccccc1. The van der Waals surface area contributed by atoms with Crippen LogP contribution in [0.2, 0.25) is 0 Å². The van der Waals surface area contributed by atoms with Gasteiger partial charge in [0, 0.05) is 12.0 Å². The first-order valence-corrected chi connectivity index (χ1v) is 5.05. The highest BCUT2D eigenvalue weighted by atomic mass is 19.3. The number of carbonyl (C=O) groups is 1. The highest BCUT2D eigenvalue weighted by Crippen LogP contribution is 2.21. The number of hydrogen-bond acceptors (Lipinski definition) is 1. The van der Waals surface area contributed by atoms with Gasteiger partial charge in [0.25, 0.3) is 5.91 Å². The summed E-state index contributed by atoms with van der Waals surface area (Å²) in [5.74, 6) is -1.22. The van der Waals surface area contributed by atoms with Crippen LogP contribution in [0.3, 0.4) is 0 Å². The number of halogens is 2. The maximum absolute atomic E-state index is 12.0. The second kappa shape index (κ2) is 5.05. The molecule has 0 aliphatic carbocycles. The summed E-state index contributed by atoms with van der Waals surface area (Å²) in [5, 5.41) is 2.23. The topological polar surface area (TPSA) is 29.1 Å². The Kier molecular flexibility index (Phi) is 3.99. The summed E-state index contributed by atoms with van der Waals surface area (Å²) in [4.78, 5) is 10.8. The summed E-state index contributed by atoms with van der Waals surface area (Å²) in [6.45, 7) is 3.99. The Balaban J connectivity index is 2.63. The van der Waals surface area contributed by atoms with Crippen LogP contribution in [0.15, 0.2) is 30.3 Å². The molecule has 2 nitrogen and oxygen atoms in total. The van der Waals surface area contributed by atoms with E-state index in [1.165, 1.54) is 0 Å². The maximum Gasteiger partial charge on any atom is 0.315 e. The fourth-order valence-corrected chi connectivity index (χ4v) is 1.38. The summed E-state index contributed by atoms with van der Waals surface area (Å²) in [5.41, 5.74) is 0.649. The molecule has 0 fully saturated rings. The Bertz CT molecular complexity index is 349. The first-order chi connectivity index (χ1) is 7.43. The number of amides is 1. The summed E-state index contributed by atoms with van der Waals surface area (Å²) in [6, 6.07) is 9.47. The van der Waals surface area contributed by atoms with E-state index >= 15 is 0 Å². The first-order valence-electron chi connectivity index (χ1n) is 5.05. The van der Waals surface area contributed by atoms with E-state index in [2.05, 4.69) is 5.32 Å². The Hall–Kier alpha value is -1.45. The van der Waals surface area contributed by atoms with Gasteiger partial charge in [-0.1, -0.05) is 44.2 Å². The molecule has 0 aliphatic heterocycles. The molecule has 0 bridgehead atoms. The van der Waals surface area contributed by atoms with Crippen LogP contribution < -0.4 is 5.32 Å². The zero-order chi connectivity index (χ0) is 12.2. The number of nitrogens with one attached hydrogen (secondary N) is 1. The third kappa shape index (κ3) is 3.29. The Morgan fingerprint density at radius 1 is 1.31 bits per heavy atom. The Labute approximate surface area is 93.7 Å². The molecular formula is C12H15F2NO. The zero-order valence-corrected chi connectivity index (χ0v) is 9.34. The summed E-state index contributed by atoms with van der Waals surface area (Å²) in [7, 11) is 0. The van der Waals surface area contributed by atoms with Crippen molar-refractivity contribution in [2.45, 2.75) is 25.7 Å². The zero-order valence-electron chi connectivity index (χ0n) is 9.34. The van der Waals surface area contributed by atoms with Crippen molar-refractivity contribution in [1.29, 1.82) is 0 Å². The van der Waals surface area contributed by atoms with Crippen molar-refractivity contribution in [2.24, 2.45) is 0 Å². The van der Waals surface area contributed by atoms with Crippen molar-refractivity contribution >= 4 is 5.91 Å². The molecule has 1 rings (SSSR count). The second-order valence-electron chi connectivity index (χ2n) is 4.27. The van der Waals surface area contributed by atoms with Crippen LogP contribution in [0.5, 0.6) is 0 Å². The summed E-state index contributed by atoms with van der Waals surface area (Å²) < 4.78 is 24.0. The van der Waals surface area contributed by atoms with Crippen LogP contribution in [0.1, 0.15) is 19.4 Å². The normalized spacial score (nSPS) is 11.6. The van der Waals surface area contributed by atoms with Gasteiger partial charge >= 0.3 is 6.43 Å². The fraction of sp³-hybridized carbons (Fsp3) is 0.417. The van der Waals surface area contributed by atoms with Gasteiger partial charge in [-0.3, -0.25) is 4.79 Å². The molecule has 1 N–H and O–H groups in total. The van der Waals surface area contributed by atoms with Gasteiger partial charge < -0.3 is 5.32 Å². The van der Waals surface area contributed by atoms with E-state index in [0.717, 1.165) is 5.56 Å². The molecule has 16 heavy (non-hydrogen) atoms. The van der Waals surface area contributed by atoms with Crippen LogP contribution in [-0.4, -0.2) is 18.9 Å². The Morgan fingerprint density at radius 2 is 1.88 bits per heavy atom. The van der Waals surface area contributed by atoms with Gasteiger partial charge in [-0.15, -0.1) is 0 Å². The minimum Gasteiger partial charge on any atom is -0.350 e. The fourth-order valence-electron chi connectivity index (χ4n) is 1.38. The van der Waals surface area contributed by atoms with Crippen molar-refractivity contribution in [3.8, 4) is 0 Å². The predicted molar refractivity (Wildman–Crippen MR) is 58.5 cm³/mol. The van der Waals surface area contributed by atoms with E-state index in [1.807, 2.05) is 44.2 Å². The van der Waals surface area contributed by atoms with Gasteiger partial charge in [-0.05, 0) is 5.56 Å². The van der Waals surface area contributed by atoms with E-state index in [-0.39, 0.29) is 12.0 Å². The van der Waals surface area contributed by atoms with Crippen LogP contribution in [0.4, 0.5) is 8.78 Å². The van der Waals surface area contributed by atoms with Gasteiger partial charge in [0.05, 0.1) is 0 Å². The summed E-state index contributed by atoms with van der Waals surface area (Å²) in [6.07, 6.45) is -2.95. The lowest BCUT2D eigenvalue weighted by molar-refractivity contribution is -0.131. The average molecular weight is 227 g/mol. The molecule has 0 unspecified atom stereocenters. The highest BCUT2D eigenvalue weighted by Gasteiger charge is 2.23. The number of alkyl halides is 2. The van der Waals surface area contributed by atoms with Crippen molar-refractivity contribution in [1.82, 2.24) is 5.32 Å². The largest absolute Gasteiger partial charge is 0.350 e. The minimum absolute atomic E-state index is 0.195. The van der Waals surface area contributed by atoms with Gasteiger partial charge in [0.2, 0.25) is 0 Å². The monoisotopic (exact) mass is 227 g/mol. The molecule has 0 spiro atoms. The molecule has 0 saturated carbocycles. The molecule has 1 amide bonds. The van der Waals surface area contributed by atoms with Crippen molar-refractivity contribution in [2.75, 3.05) is 6.54 Å². The molecule has 0 saturated heterocycles. The van der Waals surface area contributed by atoms with Crippen molar-refractivity contribution < 1.29 is 13.6 Å². The van der Waals surface area contributed by atoms with Gasteiger partial charge in [-0.2, -0.15) is 8.78 Å². The highest BCUT2D eigenvalue weighted by molar-refractivity contribution is 5.79. The van der Waals surface area contributed by atoms with Crippen LogP contribution in [0.25, 0.3) is 0 Å². The Morgan fingerprint density at radius 3 is 2.38 bits per heavy atom. The molecule has 0 heterocycles. The van der Waals surface area contributed by atoms with Gasteiger partial charge in [0.15, 0.2) is 0 Å². The quantitative estimate of drug-likeness (QED) is 0.840. The van der Waals surface area contributed by atoms with E-state index in [1.54, 1.807) is 0 Å². The molecule has 1 aromatic rings. The number of benzene rings is 1. The standard InChI is InChI=1S/C12H15F2NO/c1-12(2,8-15-11(16)10(13)14)9-6-4-3-5-7-9/h3-7,10H,8H2,1-2H3,(H,15,16). The van der Waals surface area contributed by atoms with E-state index in [0.29, 0.717) is 0 Å². The molecule has 4 heteroatoms. The molecule has 0 aromatic heterocycles. The third-order valence-corrected chi connectivity index (χ3v) is 2.46. The van der Waals surface area contributed by atoms with Crippen LogP contribution >= 0.6 is 0 Å². The lowest BCUT2D eigenvalue weighted by Gasteiger charge is -2.25. The molecule has 0 atom stereocenters. The smallest absolute Gasteiger partial charge is 0.315 e. The molecule has 1 aromatic carbocycles. The van der Waals surface area contributed by atoms with Crippen molar-refractivity contribution in [3.63, 3.8) is 0 Å². The lowest BCUT2D eigenvalue weighted by atomic mass is 9.84. The van der Waals surface area contributed by atoms with E-state index < -0.39 is 12.3 Å². The molecule has 0 aliphatic rings. The van der Waals surface area contributed by atoms with Crippen molar-refractivity contribution in [3.05, 3.63) is 35.9 Å². The van der Waals surface area contributed by atoms with E-state index in [9.17, 15) is 13.6 Å². The van der Waals surface area contributed by atoms with E-state index in [4.69, 9.17) is 0 Å². The van der Waals surface area contributed by atoms with Crippen LogP contribution in [-0.2, 0) is 10.2 Å². The first kappa shape index (κ1) is 12.6. The third-order valence-electron chi connectivity index (χ3n) is 2.46. The van der Waals surface area contributed by atoms with Gasteiger partial charge in [0.1, 0.15) is 0 Å². The van der Waals surface area contributed by atoms with Crippen LogP contribution in [0, 0.1) is 0 Å². The number of hydrogen-bond donors (Lipinski definition) is 1. The minimum atomic E-state index is -2.95. The maximum atomic E-state index is 12.0. The molecule has 88 valence electrons. The summed E-state index contributed by atoms with van der Waals surface area (Å²) >= 11 is 0. The molecular weight excluding hydrogens is 212 g/mol. The number of rotatable bonds is 4. The predicted octanol–water partition coefficient (Wildman–Crippen LogP) is 2.35. The second-order valence-corrected chi connectivity index (χ2v) is 4.27. The molecule has 0 radical (unpaired) electrons.